The summed E-state index contributed by atoms with van der Waals surface area (Å²) in [4.78, 5) is 11.4. The molecule has 0 amide bonds. The fraction of sp³-hybridized carbons (Fsp3) is 0.556. The maximum atomic E-state index is 11.4. The quantitative estimate of drug-likeness (QED) is 0.643. The van der Waals surface area contributed by atoms with E-state index in [9.17, 15) is 4.79 Å². The average Bonchev–Trinajstić information content (AvgIpc) is 2.50. The Morgan fingerprint density at radius 1 is 1.62 bits per heavy atom. The van der Waals surface area contributed by atoms with Crippen molar-refractivity contribution in [1.29, 1.82) is 0 Å². The lowest BCUT2D eigenvalue weighted by molar-refractivity contribution is -0.150. The van der Waals surface area contributed by atoms with Gasteiger partial charge >= 0.3 is 5.97 Å². The summed E-state index contributed by atoms with van der Waals surface area (Å²) in [6, 6.07) is 0. The molecule has 0 aliphatic carbocycles. The molecular weight excluding hydrogens is 168 g/mol. The van der Waals surface area contributed by atoms with Crippen molar-refractivity contribution in [2.75, 3.05) is 7.11 Å². The second kappa shape index (κ2) is 3.20. The molecule has 4 nitrogen and oxygen atoms in total. The van der Waals surface area contributed by atoms with Gasteiger partial charge in [-0.25, -0.2) is 4.79 Å². The van der Waals surface area contributed by atoms with Crippen molar-refractivity contribution in [2.45, 2.75) is 26.3 Å². The molecule has 1 aromatic heterocycles. The number of methoxy groups -OCH3 is 1. The van der Waals surface area contributed by atoms with Crippen LogP contribution >= 0.6 is 0 Å². The molecule has 0 radical (unpaired) electrons. The van der Waals surface area contributed by atoms with Crippen LogP contribution in [0, 0.1) is 6.92 Å². The van der Waals surface area contributed by atoms with Gasteiger partial charge in [-0.1, -0.05) is 0 Å². The van der Waals surface area contributed by atoms with Gasteiger partial charge in [-0.2, -0.15) is 5.10 Å². The Bertz CT molecular complexity index is 315. The van der Waals surface area contributed by atoms with Crippen LogP contribution in [0.1, 0.15) is 19.4 Å². The van der Waals surface area contributed by atoms with Gasteiger partial charge in [0.1, 0.15) is 0 Å². The monoisotopic (exact) mass is 182 g/mol. The van der Waals surface area contributed by atoms with Gasteiger partial charge in [0.15, 0.2) is 5.54 Å². The first-order valence-corrected chi connectivity index (χ1v) is 4.08. The molecule has 0 spiro atoms. The van der Waals surface area contributed by atoms with E-state index in [0.717, 1.165) is 5.56 Å². The number of esters is 1. The van der Waals surface area contributed by atoms with Gasteiger partial charge in [0.05, 0.1) is 13.3 Å². The fourth-order valence-electron chi connectivity index (χ4n) is 1.06. The Labute approximate surface area is 77.5 Å². The molecular formula is C9H14N2O2. The third kappa shape index (κ3) is 1.71. The molecule has 0 unspecified atom stereocenters. The first-order valence-electron chi connectivity index (χ1n) is 4.08. The zero-order valence-corrected chi connectivity index (χ0v) is 8.37. The van der Waals surface area contributed by atoms with Gasteiger partial charge in [0.25, 0.3) is 0 Å². The molecule has 4 heteroatoms. The van der Waals surface area contributed by atoms with Crippen LogP contribution in [0.2, 0.25) is 0 Å². The van der Waals surface area contributed by atoms with Crippen LogP contribution in [-0.4, -0.2) is 22.9 Å². The van der Waals surface area contributed by atoms with Crippen molar-refractivity contribution in [3.63, 3.8) is 0 Å². The highest BCUT2D eigenvalue weighted by Gasteiger charge is 2.31. The molecule has 0 aromatic carbocycles. The molecule has 1 rings (SSSR count). The Hall–Kier alpha value is -1.32. The lowest BCUT2D eigenvalue weighted by atomic mass is 10.1. The minimum Gasteiger partial charge on any atom is -0.467 e. The highest BCUT2D eigenvalue weighted by molar-refractivity contribution is 5.77. The van der Waals surface area contributed by atoms with E-state index in [4.69, 9.17) is 0 Å². The highest BCUT2D eigenvalue weighted by Crippen LogP contribution is 2.16. The summed E-state index contributed by atoms with van der Waals surface area (Å²) in [6.45, 7) is 5.47. The van der Waals surface area contributed by atoms with E-state index in [1.165, 1.54) is 7.11 Å². The lowest BCUT2D eigenvalue weighted by Gasteiger charge is -2.21. The summed E-state index contributed by atoms with van der Waals surface area (Å²) in [6.07, 6.45) is 3.53. The molecule has 72 valence electrons. The molecule has 0 aliphatic heterocycles. The Kier molecular flexibility index (Phi) is 2.40. The summed E-state index contributed by atoms with van der Waals surface area (Å²) < 4.78 is 6.28. The number of nitrogens with zero attached hydrogens (tertiary/aromatic N) is 2. The summed E-state index contributed by atoms with van der Waals surface area (Å²) in [5.41, 5.74) is 0.292. The first-order chi connectivity index (χ1) is 5.98. The molecule has 0 fully saturated rings. The molecule has 0 N–H and O–H groups in total. The molecule has 0 saturated carbocycles. The van der Waals surface area contributed by atoms with Crippen LogP contribution < -0.4 is 0 Å². The third-order valence-corrected chi connectivity index (χ3v) is 1.97. The van der Waals surface area contributed by atoms with E-state index in [2.05, 4.69) is 9.84 Å². The molecule has 0 saturated heterocycles. The number of hydrogen-bond acceptors (Lipinski definition) is 3. The minimum absolute atomic E-state index is 0.296. The summed E-state index contributed by atoms with van der Waals surface area (Å²) >= 11 is 0. The van der Waals surface area contributed by atoms with Crippen LogP contribution in [0.3, 0.4) is 0 Å². The second-order valence-corrected chi connectivity index (χ2v) is 3.51. The Morgan fingerprint density at radius 3 is 2.62 bits per heavy atom. The average molecular weight is 182 g/mol. The molecule has 0 bridgehead atoms. The van der Waals surface area contributed by atoms with E-state index >= 15 is 0 Å². The standard InChI is InChI=1S/C9H14N2O2/c1-7-5-10-11(6-7)9(2,3)8(12)13-4/h5-6H,1-4H3. The number of carbonyl (C=O) groups is 1. The molecule has 13 heavy (non-hydrogen) atoms. The van der Waals surface area contributed by atoms with E-state index in [-0.39, 0.29) is 5.97 Å². The lowest BCUT2D eigenvalue weighted by Crippen LogP contribution is -2.37. The van der Waals surface area contributed by atoms with Crippen molar-refractivity contribution < 1.29 is 9.53 Å². The van der Waals surface area contributed by atoms with Gasteiger partial charge in [0.2, 0.25) is 0 Å². The Morgan fingerprint density at radius 2 is 2.23 bits per heavy atom. The maximum absolute atomic E-state index is 11.4. The van der Waals surface area contributed by atoms with E-state index < -0.39 is 5.54 Å². The van der Waals surface area contributed by atoms with Crippen LogP contribution in [-0.2, 0) is 15.1 Å². The number of hydrogen-bond donors (Lipinski definition) is 0. The number of rotatable bonds is 2. The van der Waals surface area contributed by atoms with Crippen molar-refractivity contribution in [2.24, 2.45) is 0 Å². The van der Waals surface area contributed by atoms with Crippen molar-refractivity contribution in [3.8, 4) is 0 Å². The van der Waals surface area contributed by atoms with Crippen molar-refractivity contribution in [1.82, 2.24) is 9.78 Å². The zero-order chi connectivity index (χ0) is 10.1. The van der Waals surface area contributed by atoms with E-state index in [1.807, 2.05) is 13.1 Å². The first kappa shape index (κ1) is 9.77. The van der Waals surface area contributed by atoms with Crippen LogP contribution in [0.25, 0.3) is 0 Å². The van der Waals surface area contributed by atoms with Gasteiger partial charge in [-0.3, -0.25) is 4.68 Å². The highest BCUT2D eigenvalue weighted by atomic mass is 16.5. The topological polar surface area (TPSA) is 44.1 Å². The normalized spacial score (nSPS) is 11.4. The largest absolute Gasteiger partial charge is 0.467 e. The van der Waals surface area contributed by atoms with Crippen LogP contribution in [0.15, 0.2) is 12.4 Å². The number of ether oxygens (including phenoxy) is 1. The zero-order valence-electron chi connectivity index (χ0n) is 8.37. The van der Waals surface area contributed by atoms with Crippen LogP contribution in [0.5, 0.6) is 0 Å². The summed E-state index contributed by atoms with van der Waals surface area (Å²) in [5.74, 6) is -0.296. The van der Waals surface area contributed by atoms with E-state index in [0.29, 0.717) is 0 Å². The van der Waals surface area contributed by atoms with E-state index in [1.54, 1.807) is 24.7 Å². The fourth-order valence-corrected chi connectivity index (χ4v) is 1.06. The predicted molar refractivity (Wildman–Crippen MR) is 48.3 cm³/mol. The molecule has 0 atom stereocenters. The SMILES string of the molecule is COC(=O)C(C)(C)n1cc(C)cn1. The van der Waals surface area contributed by atoms with Gasteiger partial charge in [-0.05, 0) is 26.3 Å². The van der Waals surface area contributed by atoms with Crippen LogP contribution in [0.4, 0.5) is 0 Å². The van der Waals surface area contributed by atoms with Gasteiger partial charge < -0.3 is 4.74 Å². The van der Waals surface area contributed by atoms with Gasteiger partial charge in [0, 0.05) is 6.20 Å². The predicted octanol–water partition coefficient (Wildman–Crippen LogP) is 1.10. The summed E-state index contributed by atoms with van der Waals surface area (Å²) in [5, 5.41) is 4.07. The minimum atomic E-state index is -0.733. The third-order valence-electron chi connectivity index (χ3n) is 1.97. The van der Waals surface area contributed by atoms with Crippen molar-refractivity contribution >= 4 is 5.97 Å². The van der Waals surface area contributed by atoms with Gasteiger partial charge in [-0.15, -0.1) is 0 Å². The number of aromatic nitrogens is 2. The molecule has 1 heterocycles. The Balaban J connectivity index is 2.99. The number of aryl methyl sites for hydroxylation is 1. The number of carbonyl (C=O) groups excluding carboxylic acids is 1. The molecule has 0 aliphatic rings. The van der Waals surface area contributed by atoms with Crippen molar-refractivity contribution in [3.05, 3.63) is 18.0 Å². The smallest absolute Gasteiger partial charge is 0.333 e. The maximum Gasteiger partial charge on any atom is 0.333 e. The summed E-state index contributed by atoms with van der Waals surface area (Å²) in [7, 11) is 1.38. The second-order valence-electron chi connectivity index (χ2n) is 3.51. The molecule has 1 aromatic rings.